The summed E-state index contributed by atoms with van der Waals surface area (Å²) in [4.78, 5) is 123. The predicted octanol–water partition coefficient (Wildman–Crippen LogP) is 12.6. The number of amides is 5. The van der Waals surface area contributed by atoms with Gasteiger partial charge in [-0.15, -0.1) is 0 Å². The lowest BCUT2D eigenvalue weighted by Gasteiger charge is -2.34. The third-order valence-electron chi connectivity index (χ3n) is 18.1. The van der Waals surface area contributed by atoms with E-state index < -0.39 is 5.97 Å². The van der Waals surface area contributed by atoms with E-state index >= 15 is 0 Å². The van der Waals surface area contributed by atoms with Crippen LogP contribution in [0.15, 0.2) is 144 Å². The number of hydrogen-bond acceptors (Lipinski definition) is 21. The van der Waals surface area contributed by atoms with Gasteiger partial charge < -0.3 is 64.7 Å². The molecule has 0 bridgehead atoms. The molecule has 8 aromatic rings. The molecule has 0 saturated heterocycles. The van der Waals surface area contributed by atoms with Crippen LogP contribution in [0.3, 0.4) is 0 Å². The molecule has 0 spiro atoms. The third-order valence-corrected chi connectivity index (χ3v) is 23.4. The van der Waals surface area contributed by atoms with Gasteiger partial charge >= 0.3 is 5.97 Å². The van der Waals surface area contributed by atoms with Gasteiger partial charge in [0.1, 0.15) is 34.4 Å². The van der Waals surface area contributed by atoms with E-state index in [9.17, 15) is 38.4 Å². The Balaban J connectivity index is 0.000000193. The maximum Gasteiger partial charge on any atom is 0.303 e. The largest absolute Gasteiger partial charge is 0.493 e. The number of aliphatic imine (C=N–C) groups is 2. The van der Waals surface area contributed by atoms with E-state index in [1.54, 1.807) is 152 Å². The number of hydrogen-bond donors (Lipinski definition) is 5. The molecule has 6 N–H and O–H groups in total. The Morgan fingerprint density at radius 3 is 1.45 bits per heavy atom. The van der Waals surface area contributed by atoms with Crippen molar-refractivity contribution in [1.82, 2.24) is 39.5 Å². The summed E-state index contributed by atoms with van der Waals surface area (Å²) in [7, 11) is 13.3. The number of carboxylic acids is 1. The molecule has 0 radical (unpaired) electrons. The SMILES string of the molecule is COc1cc2c(cc1OCCCC(=O)Nc1cccc(C(=O)Cc3cc(C(=O)NCC(C)(C)SSC)n(C)c3)n1)N=C[C@@H]1Cc3ccccc3CN1C2=O.COc1cc2c(cc1OCCCC(=O)O)N=C[C@@H]1Cc3ccccc3CN1C2=O.CSSC(C)(C)CNC(=O)c1cc(CC(=O)c2cccc(N)n2)cn1C. The van der Waals surface area contributed by atoms with Crippen molar-refractivity contribution in [3.05, 3.63) is 201 Å². The van der Waals surface area contributed by atoms with E-state index in [0.717, 1.165) is 23.1 Å². The van der Waals surface area contributed by atoms with Crippen LogP contribution < -0.4 is 40.6 Å². The number of carboxylic acid groups (broad SMARTS) is 1. The fourth-order valence-electron chi connectivity index (χ4n) is 12.7. The molecular formula is C80H90N12O13S4. The number of aryl methyl sites for hydroxylation is 2. The first-order chi connectivity index (χ1) is 52.2. The Morgan fingerprint density at radius 2 is 1.01 bits per heavy atom. The zero-order chi connectivity index (χ0) is 78.1. The van der Waals surface area contributed by atoms with Crippen LogP contribution in [0, 0.1) is 0 Å². The highest BCUT2D eigenvalue weighted by Crippen LogP contribution is 2.41. The minimum absolute atomic E-state index is 0.0289. The number of benzene rings is 4. The topological polar surface area (TPSA) is 323 Å². The van der Waals surface area contributed by atoms with Gasteiger partial charge in [-0.05, 0) is 148 Å². The van der Waals surface area contributed by atoms with Crippen molar-refractivity contribution in [3.8, 4) is 23.0 Å². The van der Waals surface area contributed by atoms with Crippen LogP contribution in [-0.4, -0.2) is 168 Å². The van der Waals surface area contributed by atoms with Crippen LogP contribution in [0.25, 0.3) is 0 Å². The zero-order valence-electron chi connectivity index (χ0n) is 62.5. The number of ether oxygens (including phenoxy) is 4. The van der Waals surface area contributed by atoms with Crippen molar-refractivity contribution in [2.75, 3.05) is 64.1 Å². The zero-order valence-corrected chi connectivity index (χ0v) is 65.8. The number of aromatic nitrogens is 4. The molecule has 109 heavy (non-hydrogen) atoms. The minimum atomic E-state index is -0.865. The fraction of sp³-hybridized carbons (Fsp3) is 0.350. The Bertz CT molecular complexity index is 4770. The molecular weight excluding hydrogens is 1470 g/mol. The summed E-state index contributed by atoms with van der Waals surface area (Å²) in [5.74, 6) is 0.214. The predicted molar refractivity (Wildman–Crippen MR) is 430 cm³/mol. The number of carbonyl (C=O) groups is 8. The first-order valence-electron chi connectivity index (χ1n) is 35.3. The van der Waals surface area contributed by atoms with E-state index in [-0.39, 0.29) is 113 Å². The van der Waals surface area contributed by atoms with E-state index in [2.05, 4.69) is 87.9 Å². The van der Waals surface area contributed by atoms with Crippen LogP contribution >= 0.6 is 43.2 Å². The molecule has 12 rings (SSSR count). The van der Waals surface area contributed by atoms with Gasteiger partial charge in [0.2, 0.25) is 5.91 Å². The standard InChI is InChI=1S/C40H44N6O6S2.C22H22N2O5.C18H24N4O2S2/c1-40(2,54-53-5)24-42-38(49)32-16-25(22-45(32)3)17-33(47)30-12-8-13-36(43-30)44-37(48)14-9-15-52-35-20-31-29(19-34(35)51-4)39(50)46-23-27-11-7-6-10-26(27)18-28(46)21-41-31;1-28-19-10-17-18(11-20(19)29-8-4-7-21(25)26)23-12-16-9-14-5-2-3-6-15(14)13-24(16)22(17)27;1-18(2,26-25-4)11-20-17(24)14-8-12(10-22(14)3)9-15(23)13-6-5-7-16(19)21-13/h6-8,10-13,16,19-22,28H,9,14-15,17-18,23-24H2,1-5H3,(H,42,49)(H,43,44,48);2-3,5-6,10-12,16H,4,7-9,13H2,1H3,(H,25,26);5-8,10H,9,11H2,1-4H3,(H2,19,21)(H,20,24)/t28-;16-;/m00./s1. The summed E-state index contributed by atoms with van der Waals surface area (Å²) in [5.41, 5.74) is 15.3. The molecule has 4 aromatic heterocycles. The third kappa shape index (κ3) is 21.5. The van der Waals surface area contributed by atoms with Crippen LogP contribution in [0.4, 0.5) is 23.0 Å². The maximum atomic E-state index is 13.6. The molecule has 0 saturated carbocycles. The molecule has 0 fully saturated rings. The van der Waals surface area contributed by atoms with Crippen molar-refractivity contribution < 1.29 is 62.4 Å². The first kappa shape index (κ1) is 81.2. The van der Waals surface area contributed by atoms with Gasteiger partial charge in [0.25, 0.3) is 23.6 Å². The summed E-state index contributed by atoms with van der Waals surface area (Å²) in [6.45, 7) is 10.9. The van der Waals surface area contributed by atoms with Gasteiger partial charge in [-0.2, -0.15) is 0 Å². The Morgan fingerprint density at radius 1 is 0.569 bits per heavy atom. The van der Waals surface area contributed by atoms with E-state index in [1.807, 2.05) is 59.0 Å². The van der Waals surface area contributed by atoms with Crippen LogP contribution in [0.2, 0.25) is 0 Å². The minimum Gasteiger partial charge on any atom is -0.493 e. The number of pyridine rings is 2. The molecule has 25 nitrogen and oxygen atoms in total. The number of Topliss-reactive ketones (excluding diaryl/α,β-unsaturated/α-hetero) is 2. The number of nitrogen functional groups attached to an aromatic ring is 1. The van der Waals surface area contributed by atoms with E-state index in [4.69, 9.17) is 29.8 Å². The van der Waals surface area contributed by atoms with Gasteiger partial charge in [0.05, 0.1) is 62.0 Å². The maximum absolute atomic E-state index is 13.6. The number of methoxy groups -OCH3 is 2. The molecule has 4 aliphatic rings. The van der Waals surface area contributed by atoms with E-state index in [1.165, 1.54) is 25.3 Å². The molecule has 8 heterocycles. The first-order valence-corrected chi connectivity index (χ1v) is 40.5. The number of anilines is 2. The summed E-state index contributed by atoms with van der Waals surface area (Å²) in [5, 5.41) is 17.5. The van der Waals surface area contributed by atoms with Gasteiger partial charge in [-0.1, -0.05) is 104 Å². The van der Waals surface area contributed by atoms with Gasteiger partial charge in [0.15, 0.2) is 34.6 Å². The van der Waals surface area contributed by atoms with Gasteiger partial charge in [-0.3, -0.25) is 48.3 Å². The van der Waals surface area contributed by atoms with Crippen molar-refractivity contribution in [1.29, 1.82) is 0 Å². The smallest absolute Gasteiger partial charge is 0.303 e. The Hall–Kier alpha value is -10.4. The highest BCUT2D eigenvalue weighted by Gasteiger charge is 2.36. The van der Waals surface area contributed by atoms with Crippen molar-refractivity contribution >= 4 is 126 Å². The summed E-state index contributed by atoms with van der Waals surface area (Å²) in [6, 6.07) is 36.1. The van der Waals surface area contributed by atoms with Crippen LogP contribution in [0.5, 0.6) is 23.0 Å². The van der Waals surface area contributed by atoms with Gasteiger partial charge in [0, 0.05) is 112 Å². The summed E-state index contributed by atoms with van der Waals surface area (Å²) in [6.07, 6.45) is 13.8. The second-order valence-corrected chi connectivity index (χ2v) is 33.7. The van der Waals surface area contributed by atoms with Crippen LogP contribution in [0.1, 0.15) is 149 Å². The molecule has 0 unspecified atom stereocenters. The van der Waals surface area contributed by atoms with Crippen LogP contribution in [-0.2, 0) is 62.5 Å². The number of fused-ring (bicyclic) bond motifs is 6. The highest BCUT2D eigenvalue weighted by molar-refractivity contribution is 8.77. The summed E-state index contributed by atoms with van der Waals surface area (Å²) >= 11 is 0. The average Bonchev–Trinajstić information content (AvgIpc) is 1.70. The number of nitrogens with zero attached hydrogens (tertiary/aromatic N) is 8. The monoisotopic (exact) mass is 1550 g/mol. The van der Waals surface area contributed by atoms with Crippen molar-refractivity contribution in [3.63, 3.8) is 0 Å². The highest BCUT2D eigenvalue weighted by atomic mass is 33.1. The van der Waals surface area contributed by atoms with E-state index in [0.29, 0.717) is 119 Å². The summed E-state index contributed by atoms with van der Waals surface area (Å²) < 4.78 is 26.0. The lowest BCUT2D eigenvalue weighted by atomic mass is 9.94. The Labute approximate surface area is 649 Å². The van der Waals surface area contributed by atoms with Crippen molar-refractivity contribution in [2.24, 2.45) is 24.1 Å². The number of aliphatic carboxylic acids is 1. The number of nitrogens with two attached hydrogens (primary N) is 1. The second kappa shape index (κ2) is 37.2. The molecule has 2 atom stereocenters. The number of carbonyl (C=O) groups excluding carboxylic acids is 7. The quantitative estimate of drug-likeness (QED) is 0.0165. The van der Waals surface area contributed by atoms with Crippen molar-refractivity contribution in [2.45, 2.75) is 114 Å². The molecule has 0 aliphatic carbocycles. The molecule has 29 heteroatoms. The van der Waals surface area contributed by atoms with Gasteiger partial charge in [-0.25, -0.2) is 9.97 Å². The molecule has 4 aromatic carbocycles. The second-order valence-electron chi connectivity index (χ2n) is 27.5. The normalized spacial score (nSPS) is 14.6. The molecule has 572 valence electrons. The molecule has 5 amide bonds. The lowest BCUT2D eigenvalue weighted by Crippen LogP contribution is -2.44. The Kier molecular flexibility index (Phi) is 27.7. The molecule has 4 aliphatic heterocycles. The average molecular weight is 1560 g/mol. The number of nitrogens with one attached hydrogen (secondary N) is 3. The number of rotatable bonds is 29. The lowest BCUT2D eigenvalue weighted by molar-refractivity contribution is -0.137. The fourth-order valence-corrected chi connectivity index (χ4v) is 16.9. The number of ketones is 2.